The minimum absolute atomic E-state index is 0.481. The lowest BCUT2D eigenvalue weighted by Crippen LogP contribution is -1.98. The number of furan rings is 1. The third-order valence-corrected chi connectivity index (χ3v) is 3.95. The van der Waals surface area contributed by atoms with Gasteiger partial charge in [0.2, 0.25) is 0 Å². The average Bonchev–Trinajstić information content (AvgIpc) is 2.84. The van der Waals surface area contributed by atoms with Crippen LogP contribution in [0.15, 0.2) is 57.4 Å². The molecule has 0 amide bonds. The van der Waals surface area contributed by atoms with Crippen LogP contribution in [0.3, 0.4) is 0 Å². The van der Waals surface area contributed by atoms with Gasteiger partial charge in [-0.15, -0.1) is 0 Å². The first-order valence-electron chi connectivity index (χ1n) is 5.77. The van der Waals surface area contributed by atoms with E-state index >= 15 is 0 Å². The molecule has 3 rings (SSSR count). The fraction of sp³-hybridized carbons (Fsp3) is 0.0667. The second-order valence-corrected chi connectivity index (χ2v) is 5.49. The van der Waals surface area contributed by atoms with Gasteiger partial charge in [-0.05, 0) is 34.1 Å². The molecule has 19 heavy (non-hydrogen) atoms. The second kappa shape index (κ2) is 5.00. The quantitative estimate of drug-likeness (QED) is 0.719. The summed E-state index contributed by atoms with van der Waals surface area (Å²) < 4.78 is 6.58. The Morgan fingerprint density at radius 3 is 2.63 bits per heavy atom. The van der Waals surface area contributed by atoms with Crippen LogP contribution in [0.1, 0.15) is 17.4 Å². The highest BCUT2D eigenvalue weighted by Gasteiger charge is 2.18. The normalized spacial score (nSPS) is 12.8. The van der Waals surface area contributed by atoms with E-state index in [1.54, 1.807) is 12.1 Å². The van der Waals surface area contributed by atoms with Crippen LogP contribution in [-0.2, 0) is 0 Å². The molecule has 0 bridgehead atoms. The van der Waals surface area contributed by atoms with E-state index in [0.29, 0.717) is 16.3 Å². The molecule has 0 aliphatic carbocycles. The van der Waals surface area contributed by atoms with Crippen LogP contribution < -0.4 is 0 Å². The lowest BCUT2D eigenvalue weighted by molar-refractivity contribution is 0.192. The van der Waals surface area contributed by atoms with E-state index in [1.165, 1.54) is 0 Å². The minimum Gasteiger partial charge on any atom is -0.457 e. The van der Waals surface area contributed by atoms with Crippen LogP contribution in [0, 0.1) is 0 Å². The maximum absolute atomic E-state index is 10.4. The molecule has 1 unspecified atom stereocenters. The highest BCUT2D eigenvalue weighted by molar-refractivity contribution is 9.10. The fourth-order valence-electron chi connectivity index (χ4n) is 2.03. The lowest BCUT2D eigenvalue weighted by Gasteiger charge is -2.09. The Morgan fingerprint density at radius 1 is 1.11 bits per heavy atom. The van der Waals surface area contributed by atoms with E-state index in [1.807, 2.05) is 36.4 Å². The summed E-state index contributed by atoms with van der Waals surface area (Å²) in [5.41, 5.74) is 1.36. The number of fused-ring (bicyclic) bond motifs is 1. The summed E-state index contributed by atoms with van der Waals surface area (Å²) in [5, 5.41) is 11.8. The molecule has 1 aromatic heterocycles. The summed E-state index contributed by atoms with van der Waals surface area (Å²) >= 11 is 9.52. The van der Waals surface area contributed by atoms with Gasteiger partial charge in [-0.1, -0.05) is 41.9 Å². The van der Waals surface area contributed by atoms with Crippen LogP contribution in [0.5, 0.6) is 0 Å². The second-order valence-electron chi connectivity index (χ2n) is 4.23. The SMILES string of the molecule is OC(c1cc2cccc(Br)c2o1)c1ccccc1Cl. The molecule has 0 aliphatic rings. The smallest absolute Gasteiger partial charge is 0.148 e. The van der Waals surface area contributed by atoms with Gasteiger partial charge in [-0.3, -0.25) is 0 Å². The van der Waals surface area contributed by atoms with Crippen molar-refractivity contribution in [3.05, 3.63) is 69.3 Å². The summed E-state index contributed by atoms with van der Waals surface area (Å²) in [7, 11) is 0. The largest absolute Gasteiger partial charge is 0.457 e. The number of para-hydroxylation sites is 1. The van der Waals surface area contributed by atoms with Gasteiger partial charge < -0.3 is 9.52 Å². The molecule has 0 saturated carbocycles. The number of halogens is 2. The van der Waals surface area contributed by atoms with Crippen molar-refractivity contribution in [1.29, 1.82) is 0 Å². The van der Waals surface area contributed by atoms with E-state index in [2.05, 4.69) is 15.9 Å². The van der Waals surface area contributed by atoms with E-state index in [9.17, 15) is 5.11 Å². The lowest BCUT2D eigenvalue weighted by atomic mass is 10.1. The molecule has 0 saturated heterocycles. The van der Waals surface area contributed by atoms with Crippen molar-refractivity contribution in [2.45, 2.75) is 6.10 Å². The van der Waals surface area contributed by atoms with Gasteiger partial charge in [0.15, 0.2) is 0 Å². The van der Waals surface area contributed by atoms with E-state index in [4.69, 9.17) is 16.0 Å². The number of benzene rings is 2. The third kappa shape index (κ3) is 2.29. The Kier molecular flexibility index (Phi) is 3.35. The van der Waals surface area contributed by atoms with Gasteiger partial charge in [-0.2, -0.15) is 0 Å². The van der Waals surface area contributed by atoms with Crippen LogP contribution in [0.25, 0.3) is 11.0 Å². The van der Waals surface area contributed by atoms with Crippen molar-refractivity contribution in [3.63, 3.8) is 0 Å². The van der Waals surface area contributed by atoms with E-state index in [0.717, 1.165) is 15.4 Å². The average molecular weight is 338 g/mol. The van der Waals surface area contributed by atoms with Crippen LogP contribution >= 0.6 is 27.5 Å². The van der Waals surface area contributed by atoms with Gasteiger partial charge in [0.1, 0.15) is 17.4 Å². The fourth-order valence-corrected chi connectivity index (χ4v) is 2.73. The predicted molar refractivity (Wildman–Crippen MR) is 79.4 cm³/mol. The van der Waals surface area contributed by atoms with Gasteiger partial charge in [0.05, 0.1) is 4.47 Å². The van der Waals surface area contributed by atoms with Crippen molar-refractivity contribution < 1.29 is 9.52 Å². The standard InChI is InChI=1S/C15H10BrClO2/c16-11-6-3-4-9-8-13(19-15(9)11)14(18)10-5-1-2-7-12(10)17/h1-8,14,18H. The van der Waals surface area contributed by atoms with Crippen molar-refractivity contribution >= 4 is 38.5 Å². The Bertz CT molecular complexity index is 736. The monoisotopic (exact) mass is 336 g/mol. The highest BCUT2D eigenvalue weighted by atomic mass is 79.9. The Hall–Kier alpha value is -1.29. The number of rotatable bonds is 2. The zero-order valence-corrected chi connectivity index (χ0v) is 12.1. The molecule has 4 heteroatoms. The molecular weight excluding hydrogens is 328 g/mol. The first kappa shape index (κ1) is 12.7. The van der Waals surface area contributed by atoms with E-state index in [-0.39, 0.29) is 0 Å². The molecule has 0 radical (unpaired) electrons. The molecule has 1 heterocycles. The summed E-state index contributed by atoms with van der Waals surface area (Å²) in [4.78, 5) is 0. The number of aliphatic hydroxyl groups is 1. The Balaban J connectivity index is 2.10. The summed E-state index contributed by atoms with van der Waals surface area (Å²) in [6.45, 7) is 0. The summed E-state index contributed by atoms with van der Waals surface area (Å²) in [6.07, 6.45) is -0.868. The molecular formula is C15H10BrClO2. The highest BCUT2D eigenvalue weighted by Crippen LogP contribution is 2.34. The summed E-state index contributed by atoms with van der Waals surface area (Å²) in [6, 6.07) is 14.8. The zero-order chi connectivity index (χ0) is 13.4. The topological polar surface area (TPSA) is 33.4 Å². The molecule has 2 nitrogen and oxygen atoms in total. The molecule has 96 valence electrons. The number of aliphatic hydroxyl groups excluding tert-OH is 1. The summed E-state index contributed by atoms with van der Waals surface area (Å²) in [5.74, 6) is 0.481. The Morgan fingerprint density at radius 2 is 1.89 bits per heavy atom. The van der Waals surface area contributed by atoms with Crippen molar-refractivity contribution in [1.82, 2.24) is 0 Å². The minimum atomic E-state index is -0.868. The zero-order valence-electron chi connectivity index (χ0n) is 9.81. The predicted octanol–water partition coefficient (Wildman–Crippen LogP) is 4.93. The van der Waals surface area contributed by atoms with Crippen LogP contribution in [0.4, 0.5) is 0 Å². The van der Waals surface area contributed by atoms with Crippen LogP contribution in [0.2, 0.25) is 5.02 Å². The maximum Gasteiger partial charge on any atom is 0.148 e. The number of hydrogen-bond donors (Lipinski definition) is 1. The maximum atomic E-state index is 10.4. The molecule has 0 spiro atoms. The molecule has 2 aromatic carbocycles. The van der Waals surface area contributed by atoms with Gasteiger partial charge in [0.25, 0.3) is 0 Å². The number of hydrogen-bond acceptors (Lipinski definition) is 2. The first-order chi connectivity index (χ1) is 9.16. The molecule has 0 aliphatic heterocycles. The Labute approximate surface area is 123 Å². The van der Waals surface area contributed by atoms with Gasteiger partial charge in [0, 0.05) is 16.0 Å². The first-order valence-corrected chi connectivity index (χ1v) is 6.94. The molecule has 3 aromatic rings. The molecule has 1 N–H and O–H groups in total. The molecule has 1 atom stereocenters. The third-order valence-electron chi connectivity index (χ3n) is 2.98. The van der Waals surface area contributed by atoms with Crippen molar-refractivity contribution in [2.24, 2.45) is 0 Å². The van der Waals surface area contributed by atoms with Crippen molar-refractivity contribution in [2.75, 3.05) is 0 Å². The van der Waals surface area contributed by atoms with Gasteiger partial charge >= 0.3 is 0 Å². The van der Waals surface area contributed by atoms with Crippen LogP contribution in [-0.4, -0.2) is 5.11 Å². The van der Waals surface area contributed by atoms with E-state index < -0.39 is 6.10 Å². The van der Waals surface area contributed by atoms with Crippen molar-refractivity contribution in [3.8, 4) is 0 Å². The van der Waals surface area contributed by atoms with Gasteiger partial charge in [-0.25, -0.2) is 0 Å². The molecule has 0 fully saturated rings.